The normalized spacial score (nSPS) is 15.4. The standard InChI is InChI=1S/C13H6N2/c1-2-10-3-5-11(6-4-10)12-7-13(12,8-14)9-15/h1,3-7H. The zero-order valence-corrected chi connectivity index (χ0v) is 7.86. The minimum Gasteiger partial charge on any atom is -0.196 e. The Bertz CT molecular complexity index is 543. The molecule has 1 aromatic carbocycles. The molecule has 0 saturated heterocycles. The monoisotopic (exact) mass is 190 g/mol. The average molecular weight is 190 g/mol. The van der Waals surface area contributed by atoms with Gasteiger partial charge in [0.1, 0.15) is 0 Å². The van der Waals surface area contributed by atoms with E-state index in [1.165, 1.54) is 0 Å². The molecule has 0 aromatic heterocycles. The van der Waals surface area contributed by atoms with Gasteiger partial charge in [0.05, 0.1) is 12.1 Å². The van der Waals surface area contributed by atoms with Crippen molar-refractivity contribution in [3.05, 3.63) is 41.5 Å². The Morgan fingerprint density at radius 2 is 1.67 bits per heavy atom. The predicted octanol–water partition coefficient (Wildman–Crippen LogP) is 2.10. The molecule has 0 heterocycles. The van der Waals surface area contributed by atoms with Gasteiger partial charge in [0, 0.05) is 5.56 Å². The minimum absolute atomic E-state index is 0.774. The van der Waals surface area contributed by atoms with E-state index in [-0.39, 0.29) is 0 Å². The molecule has 15 heavy (non-hydrogen) atoms. The van der Waals surface area contributed by atoms with Crippen LogP contribution in [0.4, 0.5) is 0 Å². The molecule has 1 aromatic rings. The highest BCUT2D eigenvalue weighted by molar-refractivity contribution is 5.91. The minimum atomic E-state index is -1.00. The zero-order valence-electron chi connectivity index (χ0n) is 7.86. The maximum atomic E-state index is 8.83. The third-order valence-corrected chi connectivity index (χ3v) is 2.42. The van der Waals surface area contributed by atoms with Crippen molar-refractivity contribution in [3.8, 4) is 24.5 Å². The van der Waals surface area contributed by atoms with Crippen LogP contribution in [0.3, 0.4) is 0 Å². The lowest BCUT2D eigenvalue weighted by Gasteiger charge is -1.99. The summed E-state index contributed by atoms with van der Waals surface area (Å²) in [6, 6.07) is 11.2. The molecule has 0 saturated carbocycles. The van der Waals surface area contributed by atoms with Gasteiger partial charge in [-0.3, -0.25) is 0 Å². The highest BCUT2D eigenvalue weighted by Crippen LogP contribution is 2.49. The van der Waals surface area contributed by atoms with Gasteiger partial charge in [-0.2, -0.15) is 10.5 Å². The fourth-order valence-electron chi connectivity index (χ4n) is 1.45. The van der Waals surface area contributed by atoms with Crippen molar-refractivity contribution < 1.29 is 0 Å². The van der Waals surface area contributed by atoms with Crippen molar-refractivity contribution in [3.63, 3.8) is 0 Å². The molecule has 0 amide bonds. The van der Waals surface area contributed by atoms with Gasteiger partial charge in [-0.1, -0.05) is 18.1 Å². The molecular weight excluding hydrogens is 184 g/mol. The van der Waals surface area contributed by atoms with E-state index in [1.807, 2.05) is 24.3 Å². The fraction of sp³-hybridized carbons (Fsp3) is 0.0769. The van der Waals surface area contributed by atoms with Gasteiger partial charge in [-0.05, 0) is 29.3 Å². The van der Waals surface area contributed by atoms with Gasteiger partial charge in [-0.25, -0.2) is 0 Å². The number of nitriles is 2. The van der Waals surface area contributed by atoms with Crippen LogP contribution in [0.25, 0.3) is 5.57 Å². The number of hydrogen-bond donors (Lipinski definition) is 0. The molecule has 0 aliphatic heterocycles. The largest absolute Gasteiger partial charge is 0.196 e. The van der Waals surface area contributed by atoms with Gasteiger partial charge in [-0.15, -0.1) is 6.42 Å². The summed E-state index contributed by atoms with van der Waals surface area (Å²) in [5.41, 5.74) is 1.45. The van der Waals surface area contributed by atoms with Gasteiger partial charge in [0.2, 0.25) is 0 Å². The predicted molar refractivity (Wildman–Crippen MR) is 56.0 cm³/mol. The summed E-state index contributed by atoms with van der Waals surface area (Å²) in [4.78, 5) is 0. The fourth-order valence-corrected chi connectivity index (χ4v) is 1.45. The molecule has 0 N–H and O–H groups in total. The van der Waals surface area contributed by atoms with Crippen LogP contribution in [-0.2, 0) is 0 Å². The summed E-state index contributed by atoms with van der Waals surface area (Å²) in [5.74, 6) is 2.51. The summed E-state index contributed by atoms with van der Waals surface area (Å²) in [6.07, 6.45) is 6.89. The van der Waals surface area contributed by atoms with Gasteiger partial charge < -0.3 is 0 Å². The van der Waals surface area contributed by atoms with Crippen LogP contribution in [0.15, 0.2) is 30.3 Å². The number of hydrogen-bond acceptors (Lipinski definition) is 2. The summed E-state index contributed by atoms with van der Waals surface area (Å²) in [7, 11) is 0. The first-order valence-electron chi connectivity index (χ1n) is 4.38. The second-order valence-electron chi connectivity index (χ2n) is 3.31. The van der Waals surface area contributed by atoms with Crippen molar-refractivity contribution in [2.75, 3.05) is 0 Å². The van der Waals surface area contributed by atoms with Crippen molar-refractivity contribution >= 4 is 5.57 Å². The third kappa shape index (κ3) is 1.28. The lowest BCUT2D eigenvalue weighted by atomic mass is 9.99. The summed E-state index contributed by atoms with van der Waals surface area (Å²) < 4.78 is 0. The molecule has 68 valence electrons. The Labute approximate surface area is 88.1 Å². The second kappa shape index (κ2) is 3.02. The number of rotatable bonds is 1. The first kappa shape index (κ1) is 9.07. The molecule has 2 heteroatoms. The van der Waals surface area contributed by atoms with E-state index < -0.39 is 5.41 Å². The second-order valence-corrected chi connectivity index (χ2v) is 3.31. The lowest BCUT2D eigenvalue weighted by Crippen LogP contribution is -1.96. The number of benzene rings is 1. The molecule has 2 nitrogen and oxygen atoms in total. The van der Waals surface area contributed by atoms with Crippen molar-refractivity contribution in [2.24, 2.45) is 5.41 Å². The number of allylic oxidation sites excluding steroid dienone is 2. The van der Waals surface area contributed by atoms with E-state index >= 15 is 0 Å². The van der Waals surface area contributed by atoms with Crippen molar-refractivity contribution in [1.29, 1.82) is 10.5 Å². The summed E-state index contributed by atoms with van der Waals surface area (Å²) in [6.45, 7) is 0. The van der Waals surface area contributed by atoms with E-state index in [2.05, 4.69) is 5.92 Å². The van der Waals surface area contributed by atoms with E-state index in [9.17, 15) is 0 Å². The molecule has 0 bridgehead atoms. The van der Waals surface area contributed by atoms with Crippen LogP contribution < -0.4 is 0 Å². The van der Waals surface area contributed by atoms with E-state index in [0.29, 0.717) is 0 Å². The number of nitrogens with zero attached hydrogens (tertiary/aromatic N) is 2. The highest BCUT2D eigenvalue weighted by Gasteiger charge is 2.45. The van der Waals surface area contributed by atoms with Crippen LogP contribution in [0.2, 0.25) is 0 Å². The highest BCUT2D eigenvalue weighted by atomic mass is 14.5. The number of terminal acetylenes is 1. The third-order valence-electron chi connectivity index (χ3n) is 2.42. The van der Waals surface area contributed by atoms with Crippen molar-refractivity contribution in [2.45, 2.75) is 0 Å². The average Bonchev–Trinajstić information content (AvgIpc) is 3.05. The molecule has 1 aliphatic rings. The topological polar surface area (TPSA) is 47.6 Å². The molecule has 0 radical (unpaired) electrons. The summed E-state index contributed by atoms with van der Waals surface area (Å²) in [5, 5.41) is 17.7. The van der Waals surface area contributed by atoms with Crippen molar-refractivity contribution in [1.82, 2.24) is 0 Å². The van der Waals surface area contributed by atoms with Gasteiger partial charge in [0.15, 0.2) is 5.41 Å². The molecule has 2 rings (SSSR count). The quantitative estimate of drug-likeness (QED) is 0.636. The Morgan fingerprint density at radius 1 is 1.07 bits per heavy atom. The van der Waals surface area contributed by atoms with E-state index in [1.54, 1.807) is 18.2 Å². The molecule has 1 aliphatic carbocycles. The SMILES string of the molecule is C#Cc1ccc(C2=CC2(C#N)C#N)cc1. The Kier molecular flexibility index (Phi) is 1.82. The molecule has 0 spiro atoms. The smallest absolute Gasteiger partial charge is 0.187 e. The Hall–Kier alpha value is -2.50. The molecule has 0 fully saturated rings. The maximum absolute atomic E-state index is 8.83. The molecule has 0 unspecified atom stereocenters. The Balaban J connectivity index is 2.30. The van der Waals surface area contributed by atoms with E-state index in [0.717, 1.165) is 16.7 Å². The first-order valence-corrected chi connectivity index (χ1v) is 4.38. The maximum Gasteiger partial charge on any atom is 0.187 e. The van der Waals surface area contributed by atoms with E-state index in [4.69, 9.17) is 16.9 Å². The van der Waals surface area contributed by atoms with Crippen LogP contribution in [0.5, 0.6) is 0 Å². The zero-order chi connectivity index (χ0) is 10.9. The molecule has 0 atom stereocenters. The van der Waals surface area contributed by atoms with Crippen LogP contribution in [0, 0.1) is 40.4 Å². The lowest BCUT2D eigenvalue weighted by molar-refractivity contribution is 1.01. The van der Waals surface area contributed by atoms with Crippen LogP contribution in [0.1, 0.15) is 11.1 Å². The van der Waals surface area contributed by atoms with Crippen LogP contribution >= 0.6 is 0 Å². The van der Waals surface area contributed by atoms with Gasteiger partial charge >= 0.3 is 0 Å². The van der Waals surface area contributed by atoms with Gasteiger partial charge in [0.25, 0.3) is 0 Å². The first-order chi connectivity index (χ1) is 7.25. The Morgan fingerprint density at radius 3 is 2.07 bits per heavy atom. The summed E-state index contributed by atoms with van der Waals surface area (Å²) >= 11 is 0. The molecular formula is C13H6N2. The van der Waals surface area contributed by atoms with Crippen LogP contribution in [-0.4, -0.2) is 0 Å².